The van der Waals surface area contributed by atoms with Crippen LogP contribution in [-0.2, 0) is 4.79 Å². The first kappa shape index (κ1) is 29.2. The molecule has 3 N–H and O–H groups in total. The lowest BCUT2D eigenvalue weighted by molar-refractivity contribution is -0.121. The molecule has 0 aromatic heterocycles. The molecule has 2 amide bonds. The summed E-state index contributed by atoms with van der Waals surface area (Å²) in [5.74, 6) is 0.200. The first-order chi connectivity index (χ1) is 16.8. The van der Waals surface area contributed by atoms with Crippen molar-refractivity contribution in [2.75, 3.05) is 13.2 Å². The quantitative estimate of drug-likeness (QED) is 0.152. The predicted molar refractivity (Wildman–Crippen MR) is 146 cm³/mol. The Kier molecular flexibility index (Phi) is 13.2. The highest BCUT2D eigenvalue weighted by atomic mass is 79.9. The molecule has 0 aliphatic heterocycles. The van der Waals surface area contributed by atoms with Crippen molar-refractivity contribution in [1.29, 1.82) is 0 Å². The molecule has 0 fully saturated rings. The molecule has 0 atom stereocenters. The van der Waals surface area contributed by atoms with E-state index in [0.29, 0.717) is 46.7 Å². The van der Waals surface area contributed by atoms with Crippen molar-refractivity contribution in [1.82, 2.24) is 16.2 Å². The molecule has 0 radical (unpaired) electrons. The molecule has 0 bridgehead atoms. The highest BCUT2D eigenvalue weighted by Crippen LogP contribution is 2.27. The normalized spacial score (nSPS) is 10.4. The second-order valence-electron chi connectivity index (χ2n) is 7.53. The second-order valence-corrected chi connectivity index (χ2v) is 9.70. The van der Waals surface area contributed by atoms with Crippen molar-refractivity contribution in [2.24, 2.45) is 0 Å². The van der Waals surface area contributed by atoms with Crippen molar-refractivity contribution >= 4 is 68.3 Å². The summed E-state index contributed by atoms with van der Waals surface area (Å²) >= 11 is 20.4. The number of hydrazine groups is 1. The number of ether oxygens (including phenoxy) is 2. The van der Waals surface area contributed by atoms with Gasteiger partial charge in [0, 0.05) is 15.9 Å². The molecule has 35 heavy (non-hydrogen) atoms. The van der Waals surface area contributed by atoms with Gasteiger partial charge in [-0.2, -0.15) is 0 Å². The van der Waals surface area contributed by atoms with Crippen LogP contribution in [0.1, 0.15) is 55.8 Å². The number of unbranched alkanes of at least 4 members (excludes halogenated alkanes) is 3. The van der Waals surface area contributed by atoms with E-state index in [1.807, 2.05) is 0 Å². The van der Waals surface area contributed by atoms with E-state index in [1.165, 1.54) is 0 Å². The Morgan fingerprint density at radius 3 is 2.40 bits per heavy atom. The van der Waals surface area contributed by atoms with Crippen molar-refractivity contribution in [3.05, 3.63) is 56.5 Å². The molecule has 0 spiro atoms. The van der Waals surface area contributed by atoms with Crippen LogP contribution in [0.3, 0.4) is 0 Å². The lowest BCUT2D eigenvalue weighted by atomic mass is 10.2. The van der Waals surface area contributed by atoms with Crippen molar-refractivity contribution < 1.29 is 19.1 Å². The molecule has 2 aromatic rings. The topological polar surface area (TPSA) is 88.7 Å². The lowest BCUT2D eigenvalue weighted by Crippen LogP contribution is -2.48. The highest BCUT2D eigenvalue weighted by Gasteiger charge is 2.15. The van der Waals surface area contributed by atoms with Crippen LogP contribution >= 0.6 is 51.3 Å². The third-order valence-corrected chi connectivity index (χ3v) is 5.91. The predicted octanol–water partition coefficient (Wildman–Crippen LogP) is 6.21. The Labute approximate surface area is 229 Å². The highest BCUT2D eigenvalue weighted by molar-refractivity contribution is 9.10. The maximum atomic E-state index is 12.7. The molecule has 0 saturated carbocycles. The zero-order valence-corrected chi connectivity index (χ0v) is 23.2. The summed E-state index contributed by atoms with van der Waals surface area (Å²) in [5, 5.41) is 3.42. The Hall–Kier alpha value is -2.07. The van der Waals surface area contributed by atoms with Gasteiger partial charge >= 0.3 is 0 Å². The van der Waals surface area contributed by atoms with E-state index in [2.05, 4.69) is 39.0 Å². The molecule has 7 nitrogen and oxygen atoms in total. The van der Waals surface area contributed by atoms with Crippen LogP contribution < -0.4 is 25.6 Å². The number of hydrogen-bond donors (Lipinski definition) is 3. The number of amides is 2. The molecule has 0 aliphatic carbocycles. The summed E-state index contributed by atoms with van der Waals surface area (Å²) in [5.41, 5.74) is 5.32. The zero-order valence-electron chi connectivity index (χ0n) is 19.3. The SMILES string of the molecule is CCCCCCOc1ccc(Br)cc1C(=O)NC(=S)NNC(=O)CCCOc1ccc(Cl)cc1Cl. The molecule has 0 heterocycles. The minimum Gasteiger partial charge on any atom is -0.493 e. The molecule has 2 rings (SSSR count). The van der Waals surface area contributed by atoms with Gasteiger partial charge in [-0.25, -0.2) is 0 Å². The summed E-state index contributed by atoms with van der Waals surface area (Å²) in [7, 11) is 0. The number of thiocarbonyl (C=S) groups is 1. The Morgan fingerprint density at radius 1 is 0.943 bits per heavy atom. The smallest absolute Gasteiger partial charge is 0.261 e. The fourth-order valence-corrected chi connectivity index (χ4v) is 3.88. The molecule has 0 unspecified atom stereocenters. The van der Waals surface area contributed by atoms with Crippen molar-refractivity contribution in [2.45, 2.75) is 45.4 Å². The number of hydrogen-bond acceptors (Lipinski definition) is 5. The Bertz CT molecular complexity index is 1030. The number of rotatable bonds is 12. The summed E-state index contributed by atoms with van der Waals surface area (Å²) in [6, 6.07) is 10.1. The monoisotopic (exact) mass is 603 g/mol. The lowest BCUT2D eigenvalue weighted by Gasteiger charge is -2.14. The maximum absolute atomic E-state index is 12.7. The van der Waals surface area contributed by atoms with Gasteiger partial charge in [0.2, 0.25) is 5.91 Å². The first-order valence-electron chi connectivity index (χ1n) is 11.2. The van der Waals surface area contributed by atoms with E-state index in [-0.39, 0.29) is 17.4 Å². The number of benzene rings is 2. The summed E-state index contributed by atoms with van der Waals surface area (Å²) < 4.78 is 12.1. The van der Waals surface area contributed by atoms with Crippen LogP contribution in [0.2, 0.25) is 10.0 Å². The summed E-state index contributed by atoms with van der Waals surface area (Å²) in [4.78, 5) is 24.8. The molecule has 11 heteroatoms. The second kappa shape index (κ2) is 15.8. The van der Waals surface area contributed by atoms with Crippen LogP contribution in [0, 0.1) is 0 Å². The van der Waals surface area contributed by atoms with E-state index < -0.39 is 5.91 Å². The van der Waals surface area contributed by atoms with Crippen molar-refractivity contribution in [3.8, 4) is 11.5 Å². The minimum atomic E-state index is -0.449. The minimum absolute atomic E-state index is 0.0404. The van der Waals surface area contributed by atoms with Gasteiger partial charge in [0.1, 0.15) is 11.5 Å². The summed E-state index contributed by atoms with van der Waals surface area (Å²) in [6.45, 7) is 2.96. The summed E-state index contributed by atoms with van der Waals surface area (Å²) in [6.07, 6.45) is 4.89. The van der Waals surface area contributed by atoms with Gasteiger partial charge in [-0.15, -0.1) is 0 Å². The first-order valence-corrected chi connectivity index (χ1v) is 13.2. The van der Waals surface area contributed by atoms with Gasteiger partial charge in [-0.3, -0.25) is 25.8 Å². The van der Waals surface area contributed by atoms with E-state index >= 15 is 0 Å². The van der Waals surface area contributed by atoms with Gasteiger partial charge in [-0.1, -0.05) is 65.3 Å². The zero-order chi connectivity index (χ0) is 25.6. The fraction of sp³-hybridized carbons (Fsp3) is 0.375. The molecule has 2 aromatic carbocycles. The molecular formula is C24H28BrCl2N3O4S. The fourth-order valence-electron chi connectivity index (χ4n) is 2.91. The van der Waals surface area contributed by atoms with Crippen LogP contribution in [0.5, 0.6) is 11.5 Å². The third kappa shape index (κ3) is 11.0. The Balaban J connectivity index is 1.73. The average Bonchev–Trinajstić information content (AvgIpc) is 2.82. The Morgan fingerprint density at radius 2 is 1.66 bits per heavy atom. The number of halogens is 3. The van der Waals surface area contributed by atoms with Crippen LogP contribution in [0.25, 0.3) is 0 Å². The molecule has 0 saturated heterocycles. The standard InChI is InChI=1S/C24H28BrCl2N3O4S/c1-2-3-4-5-12-33-20-10-8-16(25)14-18(20)23(32)28-24(35)30-29-22(31)7-6-13-34-21-11-9-17(26)15-19(21)27/h8-11,14-15H,2-7,12-13H2,1H3,(H,29,31)(H2,28,30,32,35). The van der Waals surface area contributed by atoms with E-state index in [0.717, 1.165) is 30.2 Å². The average molecular weight is 605 g/mol. The van der Waals surface area contributed by atoms with Gasteiger partial charge in [0.25, 0.3) is 5.91 Å². The van der Waals surface area contributed by atoms with Gasteiger partial charge in [0.05, 0.1) is 23.8 Å². The number of carbonyl (C=O) groups excluding carboxylic acids is 2. The van der Waals surface area contributed by atoms with Gasteiger partial charge < -0.3 is 9.47 Å². The van der Waals surface area contributed by atoms with E-state index in [4.69, 9.17) is 44.9 Å². The van der Waals surface area contributed by atoms with E-state index in [1.54, 1.807) is 36.4 Å². The van der Waals surface area contributed by atoms with Crippen LogP contribution in [0.15, 0.2) is 40.9 Å². The van der Waals surface area contributed by atoms with Crippen LogP contribution in [-0.4, -0.2) is 30.1 Å². The van der Waals surface area contributed by atoms with E-state index in [9.17, 15) is 9.59 Å². The van der Waals surface area contributed by atoms with Gasteiger partial charge in [0.15, 0.2) is 5.11 Å². The molecule has 190 valence electrons. The number of carbonyl (C=O) groups is 2. The third-order valence-electron chi connectivity index (χ3n) is 4.68. The molecular weight excluding hydrogens is 577 g/mol. The molecule has 0 aliphatic rings. The van der Waals surface area contributed by atoms with Crippen LogP contribution in [0.4, 0.5) is 0 Å². The number of nitrogens with one attached hydrogen (secondary N) is 3. The van der Waals surface area contributed by atoms with Crippen molar-refractivity contribution in [3.63, 3.8) is 0 Å². The van der Waals surface area contributed by atoms with Gasteiger partial charge in [-0.05, 0) is 61.5 Å². The maximum Gasteiger partial charge on any atom is 0.261 e. The largest absolute Gasteiger partial charge is 0.493 e.